The van der Waals surface area contributed by atoms with Gasteiger partial charge < -0.3 is 9.52 Å². The highest BCUT2D eigenvalue weighted by molar-refractivity contribution is 5.94. The van der Waals surface area contributed by atoms with Crippen molar-refractivity contribution in [2.75, 3.05) is 0 Å². The summed E-state index contributed by atoms with van der Waals surface area (Å²) < 4.78 is 5.36. The maximum Gasteiger partial charge on any atom is 0.336 e. The molecule has 76 valence electrons. The Balaban J connectivity index is 2.57. The standard InChI is InChI=1S/C11H9NO3/c1-7-2-3-10(15-7)9-6-12-5-4-8(9)11(13)14/h2-6H,1H3,(H,13,14). The fourth-order valence-corrected chi connectivity index (χ4v) is 1.36. The van der Waals surface area contributed by atoms with Crippen LogP contribution in [-0.2, 0) is 0 Å². The normalized spacial score (nSPS) is 10.2. The van der Waals surface area contributed by atoms with Crippen molar-refractivity contribution in [3.8, 4) is 11.3 Å². The predicted octanol–water partition coefficient (Wildman–Crippen LogP) is 2.35. The van der Waals surface area contributed by atoms with Crippen LogP contribution in [0.5, 0.6) is 0 Å². The second-order valence-electron chi connectivity index (χ2n) is 3.14. The van der Waals surface area contributed by atoms with Crippen LogP contribution in [0.25, 0.3) is 11.3 Å². The van der Waals surface area contributed by atoms with Gasteiger partial charge in [-0.05, 0) is 25.1 Å². The first-order valence-corrected chi connectivity index (χ1v) is 4.42. The maximum absolute atomic E-state index is 10.9. The zero-order valence-electron chi connectivity index (χ0n) is 8.10. The zero-order valence-corrected chi connectivity index (χ0v) is 8.10. The first kappa shape index (κ1) is 9.45. The molecule has 2 heterocycles. The number of nitrogens with zero attached hydrogens (tertiary/aromatic N) is 1. The number of aromatic nitrogens is 1. The molecule has 15 heavy (non-hydrogen) atoms. The van der Waals surface area contributed by atoms with Crippen molar-refractivity contribution in [3.05, 3.63) is 41.9 Å². The number of rotatable bonds is 2. The molecule has 0 saturated heterocycles. The van der Waals surface area contributed by atoms with Crippen LogP contribution >= 0.6 is 0 Å². The monoisotopic (exact) mass is 203 g/mol. The van der Waals surface area contributed by atoms with Crippen LogP contribution in [0.2, 0.25) is 0 Å². The van der Waals surface area contributed by atoms with Gasteiger partial charge in [0.15, 0.2) is 0 Å². The summed E-state index contributed by atoms with van der Waals surface area (Å²) in [6, 6.07) is 4.97. The molecule has 0 aliphatic heterocycles. The molecule has 0 atom stereocenters. The smallest absolute Gasteiger partial charge is 0.336 e. The fraction of sp³-hybridized carbons (Fsp3) is 0.0909. The lowest BCUT2D eigenvalue weighted by Crippen LogP contribution is -1.99. The lowest BCUT2D eigenvalue weighted by Gasteiger charge is -2.00. The van der Waals surface area contributed by atoms with Crippen molar-refractivity contribution in [1.82, 2.24) is 4.98 Å². The van der Waals surface area contributed by atoms with E-state index >= 15 is 0 Å². The van der Waals surface area contributed by atoms with Gasteiger partial charge in [0.1, 0.15) is 11.5 Å². The second kappa shape index (κ2) is 3.57. The number of carboxylic acids is 1. The fourth-order valence-electron chi connectivity index (χ4n) is 1.36. The van der Waals surface area contributed by atoms with Crippen LogP contribution in [0.4, 0.5) is 0 Å². The highest BCUT2D eigenvalue weighted by Gasteiger charge is 2.13. The predicted molar refractivity (Wildman–Crippen MR) is 53.6 cm³/mol. The molecular formula is C11H9NO3. The van der Waals surface area contributed by atoms with Gasteiger partial charge in [-0.25, -0.2) is 4.79 Å². The number of aromatic carboxylic acids is 1. The van der Waals surface area contributed by atoms with Crippen LogP contribution in [0, 0.1) is 6.92 Å². The summed E-state index contributed by atoms with van der Waals surface area (Å²) in [7, 11) is 0. The Morgan fingerprint density at radius 3 is 2.80 bits per heavy atom. The van der Waals surface area contributed by atoms with Crippen LogP contribution in [0.15, 0.2) is 35.0 Å². The quantitative estimate of drug-likeness (QED) is 0.813. The molecule has 0 aliphatic carbocycles. The highest BCUT2D eigenvalue weighted by Crippen LogP contribution is 2.24. The zero-order chi connectivity index (χ0) is 10.8. The van der Waals surface area contributed by atoms with Gasteiger partial charge in [0.05, 0.1) is 11.1 Å². The molecule has 0 bridgehead atoms. The average Bonchev–Trinajstić information content (AvgIpc) is 2.65. The van der Waals surface area contributed by atoms with E-state index in [9.17, 15) is 4.79 Å². The molecule has 4 heteroatoms. The van der Waals surface area contributed by atoms with E-state index in [0.717, 1.165) is 5.76 Å². The Morgan fingerprint density at radius 1 is 1.40 bits per heavy atom. The summed E-state index contributed by atoms with van der Waals surface area (Å²) in [6.07, 6.45) is 2.93. The number of carbonyl (C=O) groups is 1. The minimum Gasteiger partial charge on any atom is -0.478 e. The SMILES string of the molecule is Cc1ccc(-c2cnccc2C(=O)O)o1. The number of carboxylic acid groups (broad SMARTS) is 1. The molecule has 0 spiro atoms. The molecule has 2 aromatic rings. The molecule has 0 fully saturated rings. The van der Waals surface area contributed by atoms with Gasteiger partial charge in [-0.15, -0.1) is 0 Å². The number of hydrogen-bond donors (Lipinski definition) is 1. The summed E-state index contributed by atoms with van der Waals surface area (Å²) in [5, 5.41) is 8.96. The van der Waals surface area contributed by atoms with Crippen molar-refractivity contribution in [3.63, 3.8) is 0 Å². The Hall–Kier alpha value is -2.10. The average molecular weight is 203 g/mol. The summed E-state index contributed by atoms with van der Waals surface area (Å²) in [5.74, 6) is 0.282. The number of furan rings is 1. The molecule has 0 saturated carbocycles. The lowest BCUT2D eigenvalue weighted by molar-refractivity contribution is 0.0697. The van der Waals surface area contributed by atoms with E-state index in [1.807, 2.05) is 0 Å². The Kier molecular flexibility index (Phi) is 2.25. The molecule has 0 aromatic carbocycles. The third-order valence-electron chi connectivity index (χ3n) is 2.06. The minimum absolute atomic E-state index is 0.194. The third-order valence-corrected chi connectivity index (χ3v) is 2.06. The third kappa shape index (κ3) is 1.74. The van der Waals surface area contributed by atoms with Crippen molar-refractivity contribution in [2.24, 2.45) is 0 Å². The van der Waals surface area contributed by atoms with E-state index < -0.39 is 5.97 Å². The molecule has 2 rings (SSSR count). The highest BCUT2D eigenvalue weighted by atomic mass is 16.4. The number of pyridine rings is 1. The summed E-state index contributed by atoms with van der Waals surface area (Å²) in [4.78, 5) is 14.8. The van der Waals surface area contributed by atoms with E-state index in [4.69, 9.17) is 9.52 Å². The maximum atomic E-state index is 10.9. The minimum atomic E-state index is -0.985. The van der Waals surface area contributed by atoms with E-state index in [2.05, 4.69) is 4.98 Å². The van der Waals surface area contributed by atoms with Crippen molar-refractivity contribution in [1.29, 1.82) is 0 Å². The van der Waals surface area contributed by atoms with E-state index in [-0.39, 0.29) is 5.56 Å². The molecule has 0 aliphatic rings. The van der Waals surface area contributed by atoms with Crippen molar-refractivity contribution < 1.29 is 14.3 Å². The molecule has 0 amide bonds. The first-order chi connectivity index (χ1) is 7.18. The Morgan fingerprint density at radius 2 is 2.20 bits per heavy atom. The van der Waals surface area contributed by atoms with Gasteiger partial charge in [-0.3, -0.25) is 4.98 Å². The first-order valence-electron chi connectivity index (χ1n) is 4.42. The van der Waals surface area contributed by atoms with Gasteiger partial charge in [0.25, 0.3) is 0 Å². The molecule has 1 N–H and O–H groups in total. The van der Waals surface area contributed by atoms with E-state index in [1.165, 1.54) is 18.5 Å². The van der Waals surface area contributed by atoms with Gasteiger partial charge in [0.2, 0.25) is 0 Å². The van der Waals surface area contributed by atoms with Crippen LogP contribution in [-0.4, -0.2) is 16.1 Å². The van der Waals surface area contributed by atoms with Crippen molar-refractivity contribution in [2.45, 2.75) is 6.92 Å². The van der Waals surface area contributed by atoms with Crippen LogP contribution in [0.3, 0.4) is 0 Å². The molecule has 2 aromatic heterocycles. The largest absolute Gasteiger partial charge is 0.478 e. The van der Waals surface area contributed by atoms with Gasteiger partial charge >= 0.3 is 5.97 Å². The lowest BCUT2D eigenvalue weighted by atomic mass is 10.1. The molecule has 0 unspecified atom stereocenters. The molecular weight excluding hydrogens is 194 g/mol. The van der Waals surface area contributed by atoms with Gasteiger partial charge in [-0.1, -0.05) is 0 Å². The summed E-state index contributed by atoms with van der Waals surface area (Å²) in [6.45, 7) is 1.81. The Labute approximate surface area is 86.2 Å². The summed E-state index contributed by atoms with van der Waals surface area (Å²) >= 11 is 0. The Bertz CT molecular complexity index is 502. The number of aryl methyl sites for hydroxylation is 1. The van der Waals surface area contributed by atoms with Crippen LogP contribution in [0.1, 0.15) is 16.1 Å². The number of hydrogen-bond acceptors (Lipinski definition) is 3. The van der Waals surface area contributed by atoms with Gasteiger partial charge in [-0.2, -0.15) is 0 Å². The second-order valence-corrected chi connectivity index (χ2v) is 3.14. The van der Waals surface area contributed by atoms with Crippen LogP contribution < -0.4 is 0 Å². The topological polar surface area (TPSA) is 63.3 Å². The van der Waals surface area contributed by atoms with E-state index in [0.29, 0.717) is 11.3 Å². The van der Waals surface area contributed by atoms with Gasteiger partial charge in [0, 0.05) is 12.4 Å². The molecule has 4 nitrogen and oxygen atoms in total. The van der Waals surface area contributed by atoms with Crippen molar-refractivity contribution >= 4 is 5.97 Å². The summed E-state index contributed by atoms with van der Waals surface area (Å²) in [5.41, 5.74) is 0.692. The molecule has 0 radical (unpaired) electrons. The van der Waals surface area contributed by atoms with E-state index in [1.54, 1.807) is 19.1 Å².